The summed E-state index contributed by atoms with van der Waals surface area (Å²) in [5, 5.41) is 1.18. The summed E-state index contributed by atoms with van der Waals surface area (Å²) in [6.07, 6.45) is 5.00. The van der Waals surface area contributed by atoms with Crippen LogP contribution in [-0.2, 0) is 17.6 Å². The van der Waals surface area contributed by atoms with Crippen LogP contribution in [0.3, 0.4) is 0 Å². The lowest BCUT2D eigenvalue weighted by molar-refractivity contribution is -0.118. The predicted octanol–water partition coefficient (Wildman–Crippen LogP) is 4.13. The van der Waals surface area contributed by atoms with Crippen molar-refractivity contribution in [2.24, 2.45) is 0 Å². The Balaban J connectivity index is 1.93. The number of nitrogens with zero attached hydrogens (tertiary/aromatic N) is 1. The minimum absolute atomic E-state index is 0.154. The lowest BCUT2D eigenvalue weighted by Crippen LogP contribution is -2.05. The van der Waals surface area contributed by atoms with Crippen LogP contribution >= 0.6 is 23.2 Å². The lowest BCUT2D eigenvalue weighted by atomic mass is 10.0. The van der Waals surface area contributed by atoms with Gasteiger partial charge in [0.15, 0.2) is 0 Å². The Kier molecular flexibility index (Phi) is 4.94. The van der Waals surface area contributed by atoms with E-state index in [1.165, 1.54) is 0 Å². The predicted molar refractivity (Wildman–Crippen MR) is 77.7 cm³/mol. The van der Waals surface area contributed by atoms with E-state index in [0.29, 0.717) is 22.9 Å². The number of ketones is 1. The fourth-order valence-corrected chi connectivity index (χ4v) is 2.19. The molecule has 0 spiro atoms. The Bertz CT molecular complexity index is 570. The monoisotopic (exact) mass is 293 g/mol. The van der Waals surface area contributed by atoms with Crippen molar-refractivity contribution in [1.29, 1.82) is 0 Å². The minimum atomic E-state index is 0.154. The molecule has 1 aromatic heterocycles. The van der Waals surface area contributed by atoms with Crippen molar-refractivity contribution in [3.8, 4) is 0 Å². The molecule has 0 bridgehead atoms. The van der Waals surface area contributed by atoms with Crippen LogP contribution in [0.4, 0.5) is 0 Å². The van der Waals surface area contributed by atoms with Crippen LogP contribution in [0.15, 0.2) is 42.7 Å². The lowest BCUT2D eigenvalue weighted by Gasteiger charge is -2.05. The number of aromatic nitrogens is 1. The Morgan fingerprint density at radius 3 is 2.58 bits per heavy atom. The molecule has 0 fully saturated rings. The molecular formula is C15H13Cl2NO. The van der Waals surface area contributed by atoms with Crippen molar-refractivity contribution >= 4 is 29.0 Å². The number of carbonyl (C=O) groups is 1. The summed E-state index contributed by atoms with van der Waals surface area (Å²) in [4.78, 5) is 15.9. The standard InChI is InChI=1S/C15H13Cl2NO/c16-13-2-4-15(17)12(9-13)10-14(19)3-1-11-5-7-18-8-6-11/h2,4-9H,1,3,10H2. The van der Waals surface area contributed by atoms with Gasteiger partial charge >= 0.3 is 0 Å². The molecule has 98 valence electrons. The summed E-state index contributed by atoms with van der Waals surface area (Å²) in [5.41, 5.74) is 1.90. The van der Waals surface area contributed by atoms with Crippen molar-refractivity contribution in [3.63, 3.8) is 0 Å². The van der Waals surface area contributed by atoms with Gasteiger partial charge in [0.05, 0.1) is 0 Å². The summed E-state index contributed by atoms with van der Waals surface area (Å²) in [6.45, 7) is 0. The van der Waals surface area contributed by atoms with Gasteiger partial charge in [0.25, 0.3) is 0 Å². The van der Waals surface area contributed by atoms with Crippen LogP contribution in [-0.4, -0.2) is 10.8 Å². The van der Waals surface area contributed by atoms with Crippen LogP contribution in [0.5, 0.6) is 0 Å². The zero-order valence-corrected chi connectivity index (χ0v) is 11.8. The number of rotatable bonds is 5. The highest BCUT2D eigenvalue weighted by atomic mass is 35.5. The van der Waals surface area contributed by atoms with Gasteiger partial charge in [-0.05, 0) is 47.9 Å². The van der Waals surface area contributed by atoms with Crippen LogP contribution in [0.2, 0.25) is 10.0 Å². The molecule has 2 nitrogen and oxygen atoms in total. The first-order valence-corrected chi connectivity index (χ1v) is 6.75. The third-order valence-corrected chi connectivity index (χ3v) is 3.44. The van der Waals surface area contributed by atoms with Crippen LogP contribution in [0, 0.1) is 0 Å². The fraction of sp³-hybridized carbons (Fsp3) is 0.200. The van der Waals surface area contributed by atoms with Crippen molar-refractivity contribution in [3.05, 3.63) is 63.9 Å². The molecule has 2 rings (SSSR count). The summed E-state index contributed by atoms with van der Waals surface area (Å²) in [5.74, 6) is 0.154. The molecule has 0 aliphatic heterocycles. The topological polar surface area (TPSA) is 30.0 Å². The fourth-order valence-electron chi connectivity index (χ4n) is 1.81. The summed E-state index contributed by atoms with van der Waals surface area (Å²) < 4.78 is 0. The van der Waals surface area contributed by atoms with E-state index in [1.807, 2.05) is 12.1 Å². The average molecular weight is 294 g/mol. The molecule has 4 heteroatoms. The molecule has 0 amide bonds. The summed E-state index contributed by atoms with van der Waals surface area (Å²) in [6, 6.07) is 9.01. The molecule has 19 heavy (non-hydrogen) atoms. The normalized spacial score (nSPS) is 10.4. The van der Waals surface area contributed by atoms with E-state index in [2.05, 4.69) is 4.98 Å². The maximum absolute atomic E-state index is 11.9. The number of carbonyl (C=O) groups excluding carboxylic acids is 1. The number of pyridine rings is 1. The highest BCUT2D eigenvalue weighted by Crippen LogP contribution is 2.21. The second-order valence-electron chi connectivity index (χ2n) is 4.31. The van der Waals surface area contributed by atoms with Gasteiger partial charge in [-0.15, -0.1) is 0 Å². The highest BCUT2D eigenvalue weighted by Gasteiger charge is 2.08. The molecule has 0 saturated carbocycles. The van der Waals surface area contributed by atoms with E-state index in [4.69, 9.17) is 23.2 Å². The van der Waals surface area contributed by atoms with Crippen LogP contribution in [0.1, 0.15) is 17.5 Å². The van der Waals surface area contributed by atoms with Crippen molar-refractivity contribution in [2.45, 2.75) is 19.3 Å². The number of Topliss-reactive ketones (excluding diaryl/α,β-unsaturated/α-hetero) is 1. The van der Waals surface area contributed by atoms with Gasteiger partial charge in [-0.25, -0.2) is 0 Å². The third-order valence-electron chi connectivity index (χ3n) is 2.84. The number of hydrogen-bond donors (Lipinski definition) is 0. The maximum Gasteiger partial charge on any atom is 0.137 e. The minimum Gasteiger partial charge on any atom is -0.299 e. The molecule has 0 N–H and O–H groups in total. The molecule has 0 unspecified atom stereocenters. The van der Waals surface area contributed by atoms with Crippen LogP contribution < -0.4 is 0 Å². The first-order chi connectivity index (χ1) is 9.15. The second kappa shape index (κ2) is 6.69. The molecule has 0 aliphatic rings. The van der Waals surface area contributed by atoms with E-state index < -0.39 is 0 Å². The van der Waals surface area contributed by atoms with Gasteiger partial charge in [0, 0.05) is 35.3 Å². The largest absolute Gasteiger partial charge is 0.299 e. The molecule has 0 atom stereocenters. The van der Waals surface area contributed by atoms with Gasteiger partial charge in [-0.2, -0.15) is 0 Å². The van der Waals surface area contributed by atoms with Gasteiger partial charge in [0.2, 0.25) is 0 Å². The molecule has 1 aromatic carbocycles. The van der Waals surface area contributed by atoms with E-state index in [9.17, 15) is 4.79 Å². The van der Waals surface area contributed by atoms with Crippen molar-refractivity contribution in [1.82, 2.24) is 4.98 Å². The van der Waals surface area contributed by atoms with Gasteiger partial charge < -0.3 is 0 Å². The average Bonchev–Trinajstić information content (AvgIpc) is 2.42. The van der Waals surface area contributed by atoms with Gasteiger partial charge in [-0.3, -0.25) is 9.78 Å². The van der Waals surface area contributed by atoms with Crippen LogP contribution in [0.25, 0.3) is 0 Å². The SMILES string of the molecule is O=C(CCc1ccncc1)Cc1cc(Cl)ccc1Cl. The highest BCUT2D eigenvalue weighted by molar-refractivity contribution is 6.33. The Morgan fingerprint density at radius 1 is 1.11 bits per heavy atom. The molecule has 0 saturated heterocycles. The second-order valence-corrected chi connectivity index (χ2v) is 5.15. The number of aryl methyl sites for hydroxylation is 1. The summed E-state index contributed by atoms with van der Waals surface area (Å²) >= 11 is 11.9. The number of hydrogen-bond acceptors (Lipinski definition) is 2. The summed E-state index contributed by atoms with van der Waals surface area (Å²) in [7, 11) is 0. The Morgan fingerprint density at radius 2 is 1.84 bits per heavy atom. The molecular weight excluding hydrogens is 281 g/mol. The van der Waals surface area contributed by atoms with Crippen molar-refractivity contribution in [2.75, 3.05) is 0 Å². The zero-order chi connectivity index (χ0) is 13.7. The number of halogens is 2. The molecule has 2 aromatic rings. The van der Waals surface area contributed by atoms with Gasteiger partial charge in [0.1, 0.15) is 5.78 Å². The van der Waals surface area contributed by atoms with Gasteiger partial charge in [-0.1, -0.05) is 23.2 Å². The smallest absolute Gasteiger partial charge is 0.137 e. The molecule has 0 radical (unpaired) electrons. The van der Waals surface area contributed by atoms with E-state index in [0.717, 1.165) is 17.5 Å². The number of benzene rings is 1. The maximum atomic E-state index is 11.9. The van der Waals surface area contributed by atoms with E-state index >= 15 is 0 Å². The third kappa shape index (κ3) is 4.34. The Labute approximate surface area is 122 Å². The van der Waals surface area contributed by atoms with E-state index in [-0.39, 0.29) is 5.78 Å². The van der Waals surface area contributed by atoms with Crippen molar-refractivity contribution < 1.29 is 4.79 Å². The first-order valence-electron chi connectivity index (χ1n) is 5.99. The first kappa shape index (κ1) is 14.0. The quantitative estimate of drug-likeness (QED) is 0.829. The molecule has 0 aliphatic carbocycles. The zero-order valence-electron chi connectivity index (χ0n) is 10.3. The van der Waals surface area contributed by atoms with E-state index in [1.54, 1.807) is 30.6 Å². The Hall–Kier alpha value is -1.38. The molecule has 1 heterocycles.